The highest BCUT2D eigenvalue weighted by molar-refractivity contribution is 5.83. The second-order valence-corrected chi connectivity index (χ2v) is 7.12. The van der Waals surface area contributed by atoms with Crippen molar-refractivity contribution in [3.63, 3.8) is 0 Å². The van der Waals surface area contributed by atoms with Crippen molar-refractivity contribution < 1.29 is 33.3 Å². The molecule has 0 bridgehead atoms. The summed E-state index contributed by atoms with van der Waals surface area (Å²) in [5.41, 5.74) is -0.0699. The minimum absolute atomic E-state index is 0.171. The molecule has 0 radical (unpaired) electrons. The van der Waals surface area contributed by atoms with Crippen molar-refractivity contribution in [1.82, 2.24) is 19.5 Å². The Hall–Kier alpha value is -3.48. The molecule has 13 nitrogen and oxygen atoms in total. The Morgan fingerprint density at radius 2 is 1.77 bits per heavy atom. The third-order valence-corrected chi connectivity index (χ3v) is 4.49. The predicted octanol–water partition coefficient (Wildman–Crippen LogP) is -0.490. The predicted molar refractivity (Wildman–Crippen MR) is 104 cm³/mol. The maximum Gasteiger partial charge on any atom is 0.348 e. The Labute approximate surface area is 176 Å². The van der Waals surface area contributed by atoms with Crippen molar-refractivity contribution in [3.05, 3.63) is 16.8 Å². The van der Waals surface area contributed by atoms with Crippen LogP contribution in [0.2, 0.25) is 0 Å². The standard InChI is InChI=1S/C18H23N5O8/c1-8(24)28-6-11-13(29-9(2)25)14(30-10(3)26)17(31-11)23-7-19-12-15(22(4)5)20-18(27)21-16(12)23/h7,11,13-14,17H,6H2,1-5H3,(H,20,21,27)/t11-,13-,14-,17-/m1/s1. The average molecular weight is 437 g/mol. The number of H-pyrrole nitrogens is 1. The quantitative estimate of drug-likeness (QED) is 0.460. The first-order chi connectivity index (χ1) is 14.6. The molecular weight excluding hydrogens is 414 g/mol. The largest absolute Gasteiger partial charge is 0.463 e. The second kappa shape index (κ2) is 8.71. The number of carbonyl (C=O) groups excluding carboxylic acids is 3. The molecule has 0 amide bonds. The molecular formula is C18H23N5O8. The van der Waals surface area contributed by atoms with Crippen LogP contribution < -0.4 is 10.6 Å². The van der Waals surface area contributed by atoms with Crippen molar-refractivity contribution >= 4 is 34.9 Å². The Morgan fingerprint density at radius 1 is 1.13 bits per heavy atom. The highest BCUT2D eigenvalue weighted by atomic mass is 16.7. The maximum absolute atomic E-state index is 12.1. The normalized spacial score (nSPS) is 22.9. The molecule has 2 aromatic rings. The number of anilines is 1. The lowest BCUT2D eigenvalue weighted by Gasteiger charge is -2.23. The molecule has 3 rings (SSSR count). The monoisotopic (exact) mass is 437 g/mol. The molecule has 1 saturated heterocycles. The number of rotatable bonds is 6. The van der Waals surface area contributed by atoms with E-state index in [1.54, 1.807) is 19.0 Å². The van der Waals surface area contributed by atoms with E-state index in [9.17, 15) is 19.2 Å². The lowest BCUT2D eigenvalue weighted by molar-refractivity contribution is -0.166. The minimum Gasteiger partial charge on any atom is -0.463 e. The van der Waals surface area contributed by atoms with Crippen LogP contribution >= 0.6 is 0 Å². The lowest BCUT2D eigenvalue weighted by atomic mass is 10.1. The third kappa shape index (κ3) is 4.66. The highest BCUT2D eigenvalue weighted by Crippen LogP contribution is 2.36. The van der Waals surface area contributed by atoms with Gasteiger partial charge in [-0.2, -0.15) is 4.98 Å². The Morgan fingerprint density at radius 3 is 2.35 bits per heavy atom. The smallest absolute Gasteiger partial charge is 0.348 e. The van der Waals surface area contributed by atoms with Crippen LogP contribution in [0, 0.1) is 0 Å². The van der Waals surface area contributed by atoms with Gasteiger partial charge in [-0.1, -0.05) is 0 Å². The Bertz CT molecular complexity index is 1060. The van der Waals surface area contributed by atoms with E-state index in [1.165, 1.54) is 31.7 Å². The first kappa shape index (κ1) is 22.2. The summed E-state index contributed by atoms with van der Waals surface area (Å²) in [4.78, 5) is 59.4. The molecule has 4 atom stereocenters. The van der Waals surface area contributed by atoms with Gasteiger partial charge in [-0.25, -0.2) is 9.78 Å². The van der Waals surface area contributed by atoms with Crippen LogP contribution in [-0.2, 0) is 33.3 Å². The first-order valence-corrected chi connectivity index (χ1v) is 9.36. The maximum atomic E-state index is 12.1. The topological polar surface area (TPSA) is 155 Å². The zero-order valence-corrected chi connectivity index (χ0v) is 17.6. The van der Waals surface area contributed by atoms with Crippen molar-refractivity contribution in [1.29, 1.82) is 0 Å². The molecule has 1 fully saturated rings. The molecule has 31 heavy (non-hydrogen) atoms. The van der Waals surface area contributed by atoms with E-state index in [2.05, 4.69) is 15.0 Å². The van der Waals surface area contributed by atoms with Gasteiger partial charge in [-0.3, -0.25) is 23.9 Å². The van der Waals surface area contributed by atoms with Crippen molar-refractivity contribution in [2.24, 2.45) is 0 Å². The second-order valence-electron chi connectivity index (χ2n) is 7.12. The number of esters is 3. The summed E-state index contributed by atoms with van der Waals surface area (Å²) in [5, 5.41) is 0. The van der Waals surface area contributed by atoms with E-state index in [0.717, 1.165) is 0 Å². The fraction of sp³-hybridized carbons (Fsp3) is 0.556. The fourth-order valence-electron chi connectivity index (χ4n) is 3.34. The summed E-state index contributed by atoms with van der Waals surface area (Å²) in [7, 11) is 3.45. The van der Waals surface area contributed by atoms with Crippen LogP contribution in [0.1, 0.15) is 27.0 Å². The molecule has 168 valence electrons. The number of carbonyl (C=O) groups is 3. The Balaban J connectivity index is 2.09. The number of imidazole rings is 1. The highest BCUT2D eigenvalue weighted by Gasteiger charge is 2.51. The molecule has 13 heteroatoms. The summed E-state index contributed by atoms with van der Waals surface area (Å²) in [6.07, 6.45) is -2.79. The van der Waals surface area contributed by atoms with E-state index in [0.29, 0.717) is 11.3 Å². The van der Waals surface area contributed by atoms with Crippen molar-refractivity contribution in [3.8, 4) is 0 Å². The summed E-state index contributed by atoms with van der Waals surface area (Å²) < 4.78 is 23.1. The number of nitrogens with zero attached hydrogens (tertiary/aromatic N) is 4. The SMILES string of the molecule is CC(=O)OC[C@H]1O[C@@H](n2cnc3c(N(C)C)[nH]c(=O)nc32)[C@H](OC(C)=O)[C@@H]1OC(C)=O. The molecule has 1 aliphatic rings. The van der Waals surface area contributed by atoms with Gasteiger partial charge >= 0.3 is 23.6 Å². The van der Waals surface area contributed by atoms with Gasteiger partial charge in [0.25, 0.3) is 0 Å². The minimum atomic E-state index is -1.11. The van der Waals surface area contributed by atoms with Gasteiger partial charge < -0.3 is 23.8 Å². The van der Waals surface area contributed by atoms with Gasteiger partial charge in [0.2, 0.25) is 0 Å². The molecule has 0 saturated carbocycles. The summed E-state index contributed by atoms with van der Waals surface area (Å²) in [6.45, 7) is 3.36. The van der Waals surface area contributed by atoms with E-state index in [-0.39, 0.29) is 12.3 Å². The Kier molecular flexibility index (Phi) is 6.24. The lowest BCUT2D eigenvalue weighted by Crippen LogP contribution is -2.40. The fourth-order valence-corrected chi connectivity index (χ4v) is 3.34. The molecule has 1 aliphatic heterocycles. The van der Waals surface area contributed by atoms with Crippen LogP contribution in [0.4, 0.5) is 5.82 Å². The number of aromatic nitrogens is 4. The van der Waals surface area contributed by atoms with Gasteiger partial charge in [0.05, 0.1) is 6.33 Å². The summed E-state index contributed by atoms with van der Waals surface area (Å²) >= 11 is 0. The zero-order chi connectivity index (χ0) is 22.9. The molecule has 0 aromatic carbocycles. The molecule has 0 spiro atoms. The molecule has 2 aromatic heterocycles. The van der Waals surface area contributed by atoms with Gasteiger partial charge in [0.15, 0.2) is 24.1 Å². The van der Waals surface area contributed by atoms with E-state index in [1.807, 2.05) is 0 Å². The number of hydrogen-bond donors (Lipinski definition) is 1. The van der Waals surface area contributed by atoms with Gasteiger partial charge in [0, 0.05) is 34.9 Å². The summed E-state index contributed by atoms with van der Waals surface area (Å²) in [6, 6.07) is 0. The van der Waals surface area contributed by atoms with Gasteiger partial charge in [0.1, 0.15) is 24.0 Å². The van der Waals surface area contributed by atoms with E-state index in [4.69, 9.17) is 18.9 Å². The number of hydrogen-bond acceptors (Lipinski definition) is 11. The number of aromatic amines is 1. The van der Waals surface area contributed by atoms with E-state index >= 15 is 0 Å². The van der Waals surface area contributed by atoms with E-state index < -0.39 is 48.1 Å². The number of ether oxygens (including phenoxy) is 4. The van der Waals surface area contributed by atoms with Gasteiger partial charge in [-0.05, 0) is 0 Å². The average Bonchev–Trinajstić information content (AvgIpc) is 3.20. The van der Waals surface area contributed by atoms with Crippen LogP contribution in [0.3, 0.4) is 0 Å². The summed E-state index contributed by atoms with van der Waals surface area (Å²) in [5.74, 6) is -1.43. The molecule has 0 unspecified atom stereocenters. The number of nitrogens with one attached hydrogen (secondary N) is 1. The van der Waals surface area contributed by atoms with Crippen molar-refractivity contribution in [2.45, 2.75) is 45.3 Å². The van der Waals surface area contributed by atoms with Crippen LogP contribution in [0.15, 0.2) is 11.1 Å². The first-order valence-electron chi connectivity index (χ1n) is 9.36. The zero-order valence-electron chi connectivity index (χ0n) is 17.6. The van der Waals surface area contributed by atoms with Crippen LogP contribution in [-0.4, -0.2) is 76.4 Å². The van der Waals surface area contributed by atoms with Crippen LogP contribution in [0.5, 0.6) is 0 Å². The number of fused-ring (bicyclic) bond motifs is 1. The van der Waals surface area contributed by atoms with Crippen LogP contribution in [0.25, 0.3) is 11.2 Å². The third-order valence-electron chi connectivity index (χ3n) is 4.49. The molecule has 0 aliphatic carbocycles. The molecule has 1 N–H and O–H groups in total. The van der Waals surface area contributed by atoms with Crippen molar-refractivity contribution in [2.75, 3.05) is 25.6 Å². The van der Waals surface area contributed by atoms with Gasteiger partial charge in [-0.15, -0.1) is 0 Å². The molecule has 3 heterocycles.